The van der Waals surface area contributed by atoms with E-state index in [4.69, 9.17) is 0 Å². The maximum Gasteiger partial charge on any atom is 0.262 e. The molecule has 1 fully saturated rings. The van der Waals surface area contributed by atoms with Gasteiger partial charge in [-0.2, -0.15) is 5.10 Å². The molecule has 3 heterocycles. The zero-order valence-electron chi connectivity index (χ0n) is 15.3. The number of aromatic nitrogens is 2. The highest BCUT2D eigenvalue weighted by Crippen LogP contribution is 2.27. The molecule has 1 aliphatic heterocycles. The molecule has 7 nitrogen and oxygen atoms in total. The first-order valence-corrected chi connectivity index (χ1v) is 9.39. The summed E-state index contributed by atoms with van der Waals surface area (Å²) in [5.41, 5.74) is 0.903. The Hall–Kier alpha value is -1.93. The highest BCUT2D eigenvalue weighted by Gasteiger charge is 2.31. The topological polar surface area (TPSA) is 79.3 Å². The molecule has 0 saturated carbocycles. The van der Waals surface area contributed by atoms with E-state index >= 15 is 0 Å². The van der Waals surface area contributed by atoms with Crippen molar-refractivity contribution in [1.82, 2.24) is 25.3 Å². The number of hydrogen-bond acceptors (Lipinski definition) is 5. The van der Waals surface area contributed by atoms with Gasteiger partial charge in [0.05, 0.1) is 10.6 Å². The molecule has 25 heavy (non-hydrogen) atoms. The van der Waals surface area contributed by atoms with Gasteiger partial charge < -0.3 is 15.5 Å². The molecule has 1 aliphatic rings. The van der Waals surface area contributed by atoms with Crippen LogP contribution in [0.4, 0.5) is 0 Å². The van der Waals surface area contributed by atoms with Crippen molar-refractivity contribution >= 4 is 33.4 Å². The van der Waals surface area contributed by atoms with Gasteiger partial charge in [0.25, 0.3) is 5.91 Å². The number of amides is 2. The van der Waals surface area contributed by atoms with Gasteiger partial charge in [-0.1, -0.05) is 0 Å². The summed E-state index contributed by atoms with van der Waals surface area (Å²) in [6, 6.07) is 1.66. The maximum atomic E-state index is 12.7. The van der Waals surface area contributed by atoms with Crippen LogP contribution < -0.4 is 10.6 Å². The molecule has 3 rings (SSSR count). The molecule has 0 spiro atoms. The Morgan fingerprint density at radius 2 is 2.16 bits per heavy atom. The summed E-state index contributed by atoms with van der Waals surface area (Å²) in [5.74, 6) is -0.245. The molecule has 2 aromatic heterocycles. The first-order chi connectivity index (χ1) is 11.8. The summed E-state index contributed by atoms with van der Waals surface area (Å²) in [6.45, 7) is 9.22. The molecule has 8 heteroatoms. The molecule has 0 aromatic carbocycles. The fraction of sp³-hybridized carbons (Fsp3) is 0.588. The molecule has 136 valence electrons. The van der Waals surface area contributed by atoms with Crippen LogP contribution in [0.25, 0.3) is 10.2 Å². The van der Waals surface area contributed by atoms with Crippen LogP contribution in [-0.4, -0.2) is 57.7 Å². The monoisotopic (exact) mass is 363 g/mol. The zero-order chi connectivity index (χ0) is 18.3. The van der Waals surface area contributed by atoms with E-state index in [-0.39, 0.29) is 23.9 Å². The Balaban J connectivity index is 1.70. The molecule has 2 N–H and O–H groups in total. The molecule has 3 atom stereocenters. The van der Waals surface area contributed by atoms with Crippen molar-refractivity contribution in [2.75, 3.05) is 13.1 Å². The minimum absolute atomic E-state index is 0.0341. The average Bonchev–Trinajstić information content (AvgIpc) is 3.11. The van der Waals surface area contributed by atoms with Gasteiger partial charge in [0.2, 0.25) is 5.91 Å². The lowest BCUT2D eigenvalue weighted by Crippen LogP contribution is -2.60. The fourth-order valence-corrected chi connectivity index (χ4v) is 4.29. The minimum atomic E-state index is -0.551. The van der Waals surface area contributed by atoms with E-state index in [0.717, 1.165) is 22.5 Å². The number of carbonyl (C=O) groups is 2. The standard InChI is InChI=1S/C17H25N5O2S/c1-9-12(4)22(7-6-18-9)16(24)11(3)19-15(23)14-8-13-10(2)20-21(5)17(13)25-14/h8-9,11-12,18H,6-7H2,1-5H3,(H,19,23). The number of rotatable bonds is 3. The van der Waals surface area contributed by atoms with Gasteiger partial charge in [-0.3, -0.25) is 14.3 Å². The first-order valence-electron chi connectivity index (χ1n) is 8.57. The van der Waals surface area contributed by atoms with Crippen LogP contribution in [-0.2, 0) is 11.8 Å². The number of hydrogen-bond donors (Lipinski definition) is 2. The summed E-state index contributed by atoms with van der Waals surface area (Å²) in [5, 5.41) is 11.5. The summed E-state index contributed by atoms with van der Waals surface area (Å²) < 4.78 is 1.78. The van der Waals surface area contributed by atoms with Gasteiger partial charge in [0.15, 0.2) is 0 Å². The molecule has 1 saturated heterocycles. The molecule has 3 unspecified atom stereocenters. The second-order valence-electron chi connectivity index (χ2n) is 6.75. The Kier molecular flexibility index (Phi) is 4.83. The highest BCUT2D eigenvalue weighted by atomic mass is 32.1. The minimum Gasteiger partial charge on any atom is -0.340 e. The maximum absolute atomic E-state index is 12.7. The first kappa shape index (κ1) is 17.9. The number of nitrogens with one attached hydrogen (secondary N) is 2. The van der Waals surface area contributed by atoms with Gasteiger partial charge >= 0.3 is 0 Å². The molecule has 0 bridgehead atoms. The average molecular weight is 363 g/mol. The van der Waals surface area contributed by atoms with Gasteiger partial charge in [-0.15, -0.1) is 11.3 Å². The molecule has 0 radical (unpaired) electrons. The Morgan fingerprint density at radius 3 is 2.84 bits per heavy atom. The van der Waals surface area contributed by atoms with E-state index in [2.05, 4.69) is 22.7 Å². The van der Waals surface area contributed by atoms with Crippen molar-refractivity contribution in [3.05, 3.63) is 16.6 Å². The van der Waals surface area contributed by atoms with Gasteiger partial charge in [0, 0.05) is 37.6 Å². The third-order valence-electron chi connectivity index (χ3n) is 4.96. The molecule has 2 amide bonds. The van der Waals surface area contributed by atoms with Gasteiger partial charge in [0.1, 0.15) is 10.9 Å². The van der Waals surface area contributed by atoms with Crippen LogP contribution in [0.5, 0.6) is 0 Å². The van der Waals surface area contributed by atoms with Gasteiger partial charge in [-0.05, 0) is 33.8 Å². The number of nitrogens with zero attached hydrogens (tertiary/aromatic N) is 3. The summed E-state index contributed by atoms with van der Waals surface area (Å²) >= 11 is 1.40. The smallest absolute Gasteiger partial charge is 0.262 e. The van der Waals surface area contributed by atoms with Crippen LogP contribution in [0, 0.1) is 6.92 Å². The molecule has 2 aromatic rings. The van der Waals surface area contributed by atoms with Crippen molar-refractivity contribution < 1.29 is 9.59 Å². The third-order valence-corrected chi connectivity index (χ3v) is 6.16. The Morgan fingerprint density at radius 1 is 1.44 bits per heavy atom. The Bertz CT molecular complexity index is 777. The quantitative estimate of drug-likeness (QED) is 0.861. The number of thiophene rings is 1. The molecular weight excluding hydrogens is 338 g/mol. The number of carbonyl (C=O) groups excluding carboxylic acids is 2. The number of aryl methyl sites for hydroxylation is 2. The van der Waals surface area contributed by atoms with E-state index in [1.54, 1.807) is 11.6 Å². The van der Waals surface area contributed by atoms with Crippen LogP contribution >= 0.6 is 11.3 Å². The molecule has 0 aliphatic carbocycles. The van der Waals surface area contributed by atoms with Crippen molar-refractivity contribution in [2.24, 2.45) is 7.05 Å². The highest BCUT2D eigenvalue weighted by molar-refractivity contribution is 7.20. The SMILES string of the molecule is Cc1nn(C)c2sc(C(=O)NC(C)C(=O)N3CCNC(C)C3C)cc12. The summed E-state index contributed by atoms with van der Waals surface area (Å²) in [6.07, 6.45) is 0. The van der Waals surface area contributed by atoms with E-state index < -0.39 is 6.04 Å². The summed E-state index contributed by atoms with van der Waals surface area (Å²) in [4.78, 5) is 28.7. The van der Waals surface area contributed by atoms with Crippen LogP contribution in [0.15, 0.2) is 6.07 Å². The number of piperazine rings is 1. The fourth-order valence-electron chi connectivity index (χ4n) is 3.26. The van der Waals surface area contributed by atoms with Crippen molar-refractivity contribution in [3.63, 3.8) is 0 Å². The lowest BCUT2D eigenvalue weighted by atomic mass is 10.1. The van der Waals surface area contributed by atoms with Gasteiger partial charge in [-0.25, -0.2) is 0 Å². The van der Waals surface area contributed by atoms with Crippen LogP contribution in [0.2, 0.25) is 0 Å². The second-order valence-corrected chi connectivity index (χ2v) is 7.78. The van der Waals surface area contributed by atoms with Crippen LogP contribution in [0.3, 0.4) is 0 Å². The summed E-state index contributed by atoms with van der Waals surface area (Å²) in [7, 11) is 1.87. The zero-order valence-corrected chi connectivity index (χ0v) is 16.1. The van der Waals surface area contributed by atoms with Crippen molar-refractivity contribution in [2.45, 2.75) is 45.8 Å². The Labute approximate surface area is 151 Å². The van der Waals surface area contributed by atoms with Crippen molar-refractivity contribution in [1.29, 1.82) is 0 Å². The number of fused-ring (bicyclic) bond motifs is 1. The van der Waals surface area contributed by atoms with E-state index in [1.165, 1.54) is 11.3 Å². The van der Waals surface area contributed by atoms with E-state index in [9.17, 15) is 9.59 Å². The predicted octanol–water partition coefficient (Wildman–Crippen LogP) is 1.27. The van der Waals surface area contributed by atoms with E-state index in [1.807, 2.05) is 31.9 Å². The normalized spacial score (nSPS) is 22.2. The van der Waals surface area contributed by atoms with Crippen molar-refractivity contribution in [3.8, 4) is 0 Å². The predicted molar refractivity (Wildman–Crippen MR) is 98.9 cm³/mol. The lowest BCUT2D eigenvalue weighted by Gasteiger charge is -2.39. The van der Waals surface area contributed by atoms with Crippen LogP contribution in [0.1, 0.15) is 36.1 Å². The largest absolute Gasteiger partial charge is 0.340 e. The molecular formula is C17H25N5O2S. The third kappa shape index (κ3) is 3.28. The second kappa shape index (κ2) is 6.76. The lowest BCUT2D eigenvalue weighted by molar-refractivity contribution is -0.136. The van der Waals surface area contributed by atoms with E-state index in [0.29, 0.717) is 11.4 Å².